The van der Waals surface area contributed by atoms with E-state index >= 15 is 0 Å². The number of amides is 1. The molecule has 0 spiro atoms. The maximum atomic E-state index is 12.8. The fraction of sp³-hybridized carbons (Fsp3) is 0.667. The quantitative estimate of drug-likeness (QED) is 0.612. The molecule has 0 aliphatic rings. The predicted octanol–water partition coefficient (Wildman–Crippen LogP) is 2.85. The van der Waals surface area contributed by atoms with Crippen molar-refractivity contribution in [3.63, 3.8) is 0 Å². The lowest BCUT2D eigenvalue weighted by Gasteiger charge is -2.32. The van der Waals surface area contributed by atoms with Gasteiger partial charge < -0.3 is 16.0 Å². The number of nitrogens with two attached hydrogens (primary N) is 1. The predicted molar refractivity (Wildman–Crippen MR) is 88.8 cm³/mol. The summed E-state index contributed by atoms with van der Waals surface area (Å²) in [6.07, 6.45) is 7.27. The first-order valence-corrected chi connectivity index (χ1v) is 8.02. The molecule has 0 saturated carbocycles. The maximum Gasteiger partial charge on any atom is 0.233 e. The monoisotopic (exact) mass is 310 g/mol. The average molecular weight is 310 g/mol. The summed E-state index contributed by atoms with van der Waals surface area (Å²) in [5, 5.41) is 3.06. The molecule has 5 nitrogen and oxygen atoms in total. The summed E-state index contributed by atoms with van der Waals surface area (Å²) in [5.74, 6) is 0.678. The second-order valence-electron chi connectivity index (χ2n) is 5.36. The number of hydrogen-bond donors (Lipinski definition) is 3. The Balaban J connectivity index is 2.96. The van der Waals surface area contributed by atoms with Crippen molar-refractivity contribution in [2.45, 2.75) is 58.9 Å². The Labute approximate surface area is 132 Å². The van der Waals surface area contributed by atoms with Crippen LogP contribution in [-0.2, 0) is 4.79 Å². The number of rotatable bonds is 9. The van der Waals surface area contributed by atoms with Crippen LogP contribution in [0.3, 0.4) is 0 Å². The molecule has 0 radical (unpaired) electrons. The van der Waals surface area contributed by atoms with Gasteiger partial charge >= 0.3 is 0 Å². The van der Waals surface area contributed by atoms with Gasteiger partial charge in [0.2, 0.25) is 5.91 Å². The van der Waals surface area contributed by atoms with Crippen LogP contribution in [0.2, 0.25) is 0 Å². The van der Waals surface area contributed by atoms with E-state index in [4.69, 9.17) is 18.0 Å². The lowest BCUT2D eigenvalue weighted by molar-refractivity contribution is -0.129. The van der Waals surface area contributed by atoms with E-state index in [2.05, 4.69) is 15.3 Å². The molecular formula is C15H26N4OS. The Kier molecular flexibility index (Phi) is 6.81. The molecular weight excluding hydrogens is 284 g/mol. The topological polar surface area (TPSA) is 83.8 Å². The molecule has 1 heterocycles. The van der Waals surface area contributed by atoms with Gasteiger partial charge in [0.25, 0.3) is 0 Å². The van der Waals surface area contributed by atoms with Gasteiger partial charge in [0.1, 0.15) is 5.82 Å². The molecule has 0 bridgehead atoms. The fourth-order valence-corrected chi connectivity index (χ4v) is 2.99. The fourth-order valence-electron chi connectivity index (χ4n) is 2.69. The van der Waals surface area contributed by atoms with E-state index in [0.29, 0.717) is 12.8 Å². The Morgan fingerprint density at radius 1 is 1.43 bits per heavy atom. The summed E-state index contributed by atoms with van der Waals surface area (Å²) in [6, 6.07) is -0.144. The SMILES string of the molecule is CCCC(CCC)(C(=O)NC(CC)c1ncc[nH]1)C(N)=S. The van der Waals surface area contributed by atoms with Gasteiger partial charge in [-0.15, -0.1) is 0 Å². The van der Waals surface area contributed by atoms with Gasteiger partial charge in [-0.3, -0.25) is 4.79 Å². The van der Waals surface area contributed by atoms with Crippen LogP contribution < -0.4 is 11.1 Å². The standard InChI is InChI=1S/C15H26N4OS/c1-4-7-15(8-5-2,13(16)21)14(20)19-11(6-3)12-17-9-10-18-12/h9-11H,4-8H2,1-3H3,(H2,16,21)(H,17,18)(H,19,20). The van der Waals surface area contributed by atoms with Gasteiger partial charge in [-0.1, -0.05) is 45.8 Å². The van der Waals surface area contributed by atoms with Crippen LogP contribution in [-0.4, -0.2) is 20.9 Å². The zero-order valence-electron chi connectivity index (χ0n) is 13.1. The van der Waals surface area contributed by atoms with Crippen LogP contribution in [0.1, 0.15) is 64.7 Å². The van der Waals surface area contributed by atoms with Gasteiger partial charge in [0.05, 0.1) is 16.4 Å². The van der Waals surface area contributed by atoms with Crippen LogP contribution in [0, 0.1) is 5.41 Å². The number of aromatic nitrogens is 2. The molecule has 1 atom stereocenters. The van der Waals surface area contributed by atoms with Crippen LogP contribution in [0.15, 0.2) is 12.4 Å². The zero-order valence-corrected chi connectivity index (χ0v) is 13.9. The smallest absolute Gasteiger partial charge is 0.233 e. The highest BCUT2D eigenvalue weighted by Crippen LogP contribution is 2.32. The van der Waals surface area contributed by atoms with Crippen molar-refractivity contribution >= 4 is 23.1 Å². The molecule has 118 valence electrons. The minimum Gasteiger partial charge on any atom is -0.392 e. The van der Waals surface area contributed by atoms with E-state index in [1.54, 1.807) is 12.4 Å². The van der Waals surface area contributed by atoms with Crippen molar-refractivity contribution < 1.29 is 4.79 Å². The third-order valence-electron chi connectivity index (χ3n) is 3.82. The van der Waals surface area contributed by atoms with Crippen molar-refractivity contribution in [2.24, 2.45) is 11.1 Å². The Bertz CT molecular complexity index is 452. The molecule has 0 aromatic carbocycles. The van der Waals surface area contributed by atoms with Gasteiger partial charge in [0, 0.05) is 12.4 Å². The molecule has 1 unspecified atom stereocenters. The number of nitrogens with zero attached hydrogens (tertiary/aromatic N) is 1. The second kappa shape index (κ2) is 8.12. The van der Waals surface area contributed by atoms with Crippen molar-refractivity contribution in [1.29, 1.82) is 0 Å². The molecule has 1 aromatic rings. The third-order valence-corrected chi connectivity index (χ3v) is 4.21. The number of carbonyl (C=O) groups excluding carboxylic acids is 1. The molecule has 0 aliphatic carbocycles. The first-order chi connectivity index (χ1) is 10.0. The molecule has 21 heavy (non-hydrogen) atoms. The van der Waals surface area contributed by atoms with Crippen molar-refractivity contribution in [3.8, 4) is 0 Å². The first kappa shape index (κ1) is 17.6. The van der Waals surface area contributed by atoms with E-state index in [9.17, 15) is 4.79 Å². The van der Waals surface area contributed by atoms with E-state index in [0.717, 1.165) is 25.1 Å². The molecule has 0 fully saturated rings. The Hall–Kier alpha value is -1.43. The van der Waals surface area contributed by atoms with Crippen molar-refractivity contribution in [3.05, 3.63) is 18.2 Å². The van der Waals surface area contributed by atoms with Crippen LogP contribution in [0.25, 0.3) is 0 Å². The molecule has 1 amide bonds. The number of H-pyrrole nitrogens is 1. The van der Waals surface area contributed by atoms with E-state index in [1.165, 1.54) is 0 Å². The molecule has 1 rings (SSSR count). The number of hydrogen-bond acceptors (Lipinski definition) is 3. The maximum absolute atomic E-state index is 12.8. The number of thiocarbonyl (C=S) groups is 1. The molecule has 6 heteroatoms. The van der Waals surface area contributed by atoms with Gasteiger partial charge in [-0.25, -0.2) is 4.98 Å². The van der Waals surface area contributed by atoms with E-state index < -0.39 is 5.41 Å². The zero-order chi connectivity index (χ0) is 15.9. The second-order valence-corrected chi connectivity index (χ2v) is 5.79. The molecule has 0 aliphatic heterocycles. The largest absolute Gasteiger partial charge is 0.392 e. The van der Waals surface area contributed by atoms with Crippen LogP contribution in [0.5, 0.6) is 0 Å². The average Bonchev–Trinajstić information content (AvgIpc) is 2.97. The van der Waals surface area contributed by atoms with Crippen LogP contribution in [0.4, 0.5) is 0 Å². The third kappa shape index (κ3) is 4.03. The van der Waals surface area contributed by atoms with Gasteiger partial charge in [-0.2, -0.15) is 0 Å². The van der Waals surface area contributed by atoms with Gasteiger partial charge in [0.15, 0.2) is 0 Å². The van der Waals surface area contributed by atoms with Crippen molar-refractivity contribution in [1.82, 2.24) is 15.3 Å². The normalized spacial score (nSPS) is 12.9. The highest BCUT2D eigenvalue weighted by molar-refractivity contribution is 7.80. The van der Waals surface area contributed by atoms with E-state index in [-0.39, 0.29) is 16.9 Å². The first-order valence-electron chi connectivity index (χ1n) is 7.61. The number of aromatic amines is 1. The minimum atomic E-state index is -0.751. The molecule has 4 N–H and O–H groups in total. The van der Waals surface area contributed by atoms with Gasteiger partial charge in [-0.05, 0) is 19.3 Å². The number of imidazole rings is 1. The highest BCUT2D eigenvalue weighted by Gasteiger charge is 2.40. The summed E-state index contributed by atoms with van der Waals surface area (Å²) in [6.45, 7) is 6.09. The number of carbonyl (C=O) groups is 1. The number of nitrogens with one attached hydrogen (secondary N) is 2. The summed E-state index contributed by atoms with van der Waals surface area (Å²) >= 11 is 5.22. The minimum absolute atomic E-state index is 0.0815. The highest BCUT2D eigenvalue weighted by atomic mass is 32.1. The summed E-state index contributed by atoms with van der Waals surface area (Å²) in [7, 11) is 0. The summed E-state index contributed by atoms with van der Waals surface area (Å²) in [5.41, 5.74) is 5.18. The summed E-state index contributed by atoms with van der Waals surface area (Å²) < 4.78 is 0. The summed E-state index contributed by atoms with van der Waals surface area (Å²) in [4.78, 5) is 20.4. The Morgan fingerprint density at radius 2 is 2.05 bits per heavy atom. The van der Waals surface area contributed by atoms with Crippen LogP contribution >= 0.6 is 12.2 Å². The molecule has 1 aromatic heterocycles. The van der Waals surface area contributed by atoms with E-state index in [1.807, 2.05) is 20.8 Å². The lowest BCUT2D eigenvalue weighted by atomic mass is 9.78. The molecule has 0 saturated heterocycles. The Morgan fingerprint density at radius 3 is 2.43 bits per heavy atom. The lowest BCUT2D eigenvalue weighted by Crippen LogP contribution is -2.49. The van der Waals surface area contributed by atoms with Crippen molar-refractivity contribution in [2.75, 3.05) is 0 Å².